The molecular weight excluding hydrogens is 1150 g/mol. The number of alkyl halides is 4. The Balaban J connectivity index is 0.000000154. The Bertz CT molecular complexity index is 4000. The minimum atomic E-state index is -2.54. The van der Waals surface area contributed by atoms with Gasteiger partial charge < -0.3 is 38.9 Å². The number of halogens is 4. The van der Waals surface area contributed by atoms with Gasteiger partial charge in [-0.25, -0.2) is 27.2 Å². The first-order valence-electron chi connectivity index (χ1n) is 30.2. The van der Waals surface area contributed by atoms with E-state index in [0.29, 0.717) is 36.8 Å². The summed E-state index contributed by atoms with van der Waals surface area (Å²) in [5.41, 5.74) is 13.5. The standard InChI is InChI=1S/C33H32F2N4O4.C30H31N4O4.C5H6F2O/c1-20-5-3-6-26(28-7-4-8-29-38(28)21(2)43-31-27(32(40)41)16-36-39(29)31)30(20)42-19-22-9-10-25-18-37(12-11-24(25)13-22)17-23-14-33(34,35)15-23;1-4-36-30(35)25-17-32-34-27-10-6-9-26(33(27)20(3)38-29(25)34)24-8-5-7-19(2)28(24)37-18-21-11-12-23-16-31-14-13-22(23)15-21;6-5(7)1-4(2-5)3-8/h3-10,13,16,21,23H,11-12,14-15,17-19H2,1-2H3;5-12,15,17,20,31H,4,13-14,16,18H2,1-3H3;3-4H,1-2H2/q;+1;/p+1. The van der Waals surface area contributed by atoms with Crippen molar-refractivity contribution in [1.29, 1.82) is 0 Å². The molecule has 0 spiro atoms. The van der Waals surface area contributed by atoms with Gasteiger partial charge in [-0.1, -0.05) is 80.2 Å². The predicted octanol–water partition coefficient (Wildman–Crippen LogP) is 11.4. The molecule has 89 heavy (non-hydrogen) atoms. The molecule has 2 saturated carbocycles. The molecule has 2 unspecified atom stereocenters. The second-order valence-corrected chi connectivity index (χ2v) is 23.7. The highest BCUT2D eigenvalue weighted by Gasteiger charge is 2.47. The van der Waals surface area contributed by atoms with Crippen LogP contribution in [0.2, 0.25) is 0 Å². The van der Waals surface area contributed by atoms with E-state index in [1.165, 1.54) is 39.3 Å². The van der Waals surface area contributed by atoms with Gasteiger partial charge in [-0.3, -0.25) is 4.90 Å². The highest BCUT2D eigenvalue weighted by molar-refractivity contribution is 5.92. The van der Waals surface area contributed by atoms with Gasteiger partial charge in [-0.05, 0) is 127 Å². The molecule has 462 valence electrons. The number of aldehydes is 1. The van der Waals surface area contributed by atoms with Gasteiger partial charge in [0.25, 0.3) is 0 Å². The fourth-order valence-electron chi connectivity index (χ4n) is 12.7. The van der Waals surface area contributed by atoms with Crippen LogP contribution in [0, 0.1) is 25.7 Å². The van der Waals surface area contributed by atoms with Gasteiger partial charge in [0.1, 0.15) is 42.4 Å². The normalized spacial score (nSPS) is 18.3. The SMILES string of the molecule is CCOC(=O)c1cnn2c1OC(C)[n+]1c(-c3cccc(C)c3OCc3ccc4c(c3)CCNC4)cccc1-2.Cc1cccc(-c2cccc3[n+]2C(C)Oc2c(C(=O)O)cnn2-3)c1OCc1ccc2c(c1)CCN(CC1CC(F)(F)C1)C2.O=CC1CC(F)(F)C1. The number of aromatic carboxylic acids is 1. The quantitative estimate of drug-likeness (QED) is 0.0456. The lowest BCUT2D eigenvalue weighted by Gasteiger charge is -2.39. The van der Waals surface area contributed by atoms with Crippen LogP contribution in [0.4, 0.5) is 17.6 Å². The molecule has 21 heteroatoms. The summed E-state index contributed by atoms with van der Waals surface area (Å²) in [6.07, 6.45) is 4.01. The molecule has 6 aliphatic rings. The average Bonchev–Trinajstić information content (AvgIpc) is 2.02. The summed E-state index contributed by atoms with van der Waals surface area (Å²) in [6.45, 7) is 15.2. The molecule has 0 bridgehead atoms. The van der Waals surface area contributed by atoms with Gasteiger partial charge in [-0.15, -0.1) is 0 Å². The number of para-hydroxylation sites is 2. The summed E-state index contributed by atoms with van der Waals surface area (Å²) in [7, 11) is 0. The Morgan fingerprint density at radius 1 is 0.697 bits per heavy atom. The van der Waals surface area contributed by atoms with Crippen molar-refractivity contribution in [3.8, 4) is 57.4 Å². The molecule has 14 rings (SSSR count). The number of pyridine rings is 2. The zero-order valence-electron chi connectivity index (χ0n) is 50.2. The number of nitrogens with zero attached hydrogens (tertiary/aromatic N) is 7. The van der Waals surface area contributed by atoms with Crippen molar-refractivity contribution in [2.24, 2.45) is 11.8 Å². The summed E-state index contributed by atoms with van der Waals surface area (Å²) in [4.78, 5) is 36.2. The summed E-state index contributed by atoms with van der Waals surface area (Å²) in [5, 5.41) is 21.7. The van der Waals surface area contributed by atoms with E-state index in [0.717, 1.165) is 108 Å². The second-order valence-electron chi connectivity index (χ2n) is 23.7. The third-order valence-electron chi connectivity index (χ3n) is 17.2. The van der Waals surface area contributed by atoms with Crippen LogP contribution in [0.3, 0.4) is 0 Å². The van der Waals surface area contributed by atoms with Gasteiger partial charge >= 0.3 is 35.3 Å². The highest BCUT2D eigenvalue weighted by Crippen LogP contribution is 2.44. The van der Waals surface area contributed by atoms with Crippen molar-refractivity contribution in [2.75, 3.05) is 26.2 Å². The molecule has 8 heterocycles. The summed E-state index contributed by atoms with van der Waals surface area (Å²) in [5.74, 6) is -3.14. The lowest BCUT2D eigenvalue weighted by atomic mass is 9.80. The molecule has 2 atom stereocenters. The van der Waals surface area contributed by atoms with Gasteiger partial charge in [0.15, 0.2) is 11.1 Å². The summed E-state index contributed by atoms with van der Waals surface area (Å²) in [6, 6.07) is 37.0. The summed E-state index contributed by atoms with van der Waals surface area (Å²) >= 11 is 0. The van der Waals surface area contributed by atoms with Crippen LogP contribution in [0.15, 0.2) is 122 Å². The maximum atomic E-state index is 13.3. The molecule has 0 amide bonds. The van der Waals surface area contributed by atoms with Gasteiger partial charge in [0.2, 0.25) is 24.3 Å². The van der Waals surface area contributed by atoms with E-state index in [9.17, 15) is 37.1 Å². The van der Waals surface area contributed by atoms with Crippen molar-refractivity contribution >= 4 is 18.2 Å². The van der Waals surface area contributed by atoms with Crippen LogP contribution in [0.5, 0.6) is 23.3 Å². The zero-order chi connectivity index (χ0) is 62.3. The number of carboxylic acid groups (broad SMARTS) is 1. The maximum Gasteiger partial charge on any atom is 0.347 e. The third kappa shape index (κ3) is 12.5. The lowest BCUT2D eigenvalue weighted by Crippen LogP contribution is -2.50. The second kappa shape index (κ2) is 24.9. The minimum Gasteiger partial charge on any atom is -0.488 e. The third-order valence-corrected chi connectivity index (χ3v) is 17.2. The number of rotatable bonds is 14. The fourth-order valence-corrected chi connectivity index (χ4v) is 12.7. The number of ether oxygens (including phenoxy) is 5. The van der Waals surface area contributed by atoms with Crippen LogP contribution in [0.1, 0.15) is 124 Å². The van der Waals surface area contributed by atoms with Crippen molar-refractivity contribution < 1.29 is 69.9 Å². The van der Waals surface area contributed by atoms with Crippen molar-refractivity contribution in [3.05, 3.63) is 177 Å². The molecule has 0 saturated heterocycles. The maximum absolute atomic E-state index is 13.3. The van der Waals surface area contributed by atoms with E-state index in [2.05, 4.69) is 86.5 Å². The Labute approximate surface area is 512 Å². The zero-order valence-corrected chi connectivity index (χ0v) is 50.2. The molecule has 4 aromatic carbocycles. The van der Waals surface area contributed by atoms with Crippen molar-refractivity contribution in [1.82, 2.24) is 29.8 Å². The number of aromatic nitrogens is 6. The van der Waals surface area contributed by atoms with Crippen molar-refractivity contribution in [2.45, 2.75) is 124 Å². The van der Waals surface area contributed by atoms with Crippen LogP contribution in [-0.4, -0.2) is 85.9 Å². The number of carbonyl (C=O) groups excluding carboxylic acids is 2. The molecule has 2 fully saturated rings. The number of esters is 1. The number of carbonyl (C=O) groups is 3. The molecular formula is C68H70F4N8O9+2. The number of fused-ring (bicyclic) bond motifs is 8. The van der Waals surface area contributed by atoms with E-state index in [1.807, 2.05) is 79.9 Å². The Morgan fingerprint density at radius 2 is 1.22 bits per heavy atom. The predicted molar refractivity (Wildman–Crippen MR) is 319 cm³/mol. The number of hydrogen-bond acceptors (Lipinski definition) is 12. The minimum absolute atomic E-state index is 0.0136. The first kappa shape index (κ1) is 60.3. The van der Waals surface area contributed by atoms with Crippen LogP contribution >= 0.6 is 0 Å². The number of nitrogens with one attached hydrogen (secondary N) is 1. The number of benzene rings is 4. The van der Waals surface area contributed by atoms with E-state index >= 15 is 0 Å². The van der Waals surface area contributed by atoms with Crippen molar-refractivity contribution in [3.63, 3.8) is 0 Å². The molecule has 0 radical (unpaired) electrons. The van der Waals surface area contributed by atoms with Crippen LogP contribution in [-0.2, 0) is 48.7 Å². The van der Waals surface area contributed by atoms with E-state index < -0.39 is 30.0 Å². The number of hydrogen-bond donors (Lipinski definition) is 2. The largest absolute Gasteiger partial charge is 0.488 e. The van der Waals surface area contributed by atoms with Gasteiger partial charge in [0, 0.05) is 83.8 Å². The highest BCUT2D eigenvalue weighted by atomic mass is 19.3. The van der Waals surface area contributed by atoms with E-state index in [4.69, 9.17) is 23.7 Å². The smallest absolute Gasteiger partial charge is 0.347 e. The monoisotopic (exact) mass is 1220 g/mol. The molecule has 2 aliphatic carbocycles. The Morgan fingerprint density at radius 3 is 1.75 bits per heavy atom. The topological polar surface area (TPSA) is 176 Å². The molecule has 4 aromatic heterocycles. The molecule has 17 nitrogen and oxygen atoms in total. The van der Waals surface area contributed by atoms with Gasteiger partial charge in [-0.2, -0.15) is 9.13 Å². The fraction of sp³-hybridized carbons (Fsp3) is 0.368. The Kier molecular flexibility index (Phi) is 16.9. The number of aryl methyl sites for hydroxylation is 2. The molecule has 4 aliphatic heterocycles. The Hall–Kier alpha value is -8.95. The number of carboxylic acids is 1. The average molecular weight is 1220 g/mol. The lowest BCUT2D eigenvalue weighted by molar-refractivity contribution is -0.741. The van der Waals surface area contributed by atoms with E-state index in [-0.39, 0.29) is 61.8 Å². The molecule has 2 N–H and O–H groups in total. The first-order chi connectivity index (χ1) is 42.8. The van der Waals surface area contributed by atoms with Crippen LogP contribution < -0.4 is 33.4 Å². The van der Waals surface area contributed by atoms with Gasteiger partial charge in [0.05, 0.1) is 30.1 Å². The van der Waals surface area contributed by atoms with Crippen LogP contribution in [0.25, 0.3) is 34.2 Å². The molecule has 8 aromatic rings. The van der Waals surface area contributed by atoms with E-state index in [1.54, 1.807) is 11.6 Å². The summed E-state index contributed by atoms with van der Waals surface area (Å²) < 4.78 is 87.9. The first-order valence-corrected chi connectivity index (χ1v) is 30.2.